The van der Waals surface area contributed by atoms with Gasteiger partial charge < -0.3 is 0 Å². The van der Waals surface area contributed by atoms with E-state index in [2.05, 4.69) is 10.1 Å². The average molecular weight is 310 g/mol. The van der Waals surface area contributed by atoms with Crippen LogP contribution in [0.5, 0.6) is 0 Å². The molecule has 2 heterocycles. The predicted molar refractivity (Wildman–Crippen MR) is 77.8 cm³/mol. The van der Waals surface area contributed by atoms with Crippen molar-refractivity contribution in [2.75, 3.05) is 0 Å². The molecule has 3 rings (SSSR count). The van der Waals surface area contributed by atoms with Crippen molar-refractivity contribution in [3.8, 4) is 11.1 Å². The molecule has 0 aliphatic heterocycles. The van der Waals surface area contributed by atoms with Crippen LogP contribution >= 0.6 is 23.2 Å². The summed E-state index contributed by atoms with van der Waals surface area (Å²) in [5.41, 5.74) is 2.73. The summed E-state index contributed by atoms with van der Waals surface area (Å²) in [4.78, 5) is 4.29. The molecule has 0 bridgehead atoms. The van der Waals surface area contributed by atoms with Crippen LogP contribution in [0.4, 0.5) is 4.39 Å². The average Bonchev–Trinajstić information content (AvgIpc) is 2.84. The van der Waals surface area contributed by atoms with Crippen LogP contribution in [0.1, 0.15) is 12.6 Å². The van der Waals surface area contributed by atoms with E-state index in [9.17, 15) is 4.39 Å². The van der Waals surface area contributed by atoms with Crippen molar-refractivity contribution < 1.29 is 4.39 Å². The molecule has 0 atom stereocenters. The van der Waals surface area contributed by atoms with Gasteiger partial charge in [0.1, 0.15) is 16.1 Å². The van der Waals surface area contributed by atoms with Gasteiger partial charge in [0.15, 0.2) is 5.65 Å². The standard InChI is InChI=1S/C14H10Cl2FN3/c1-2-10-7-11-18-13(15)12(14(16)20(11)19-10)8-3-5-9(17)6-4-8/h3-7H,2H2,1H3. The van der Waals surface area contributed by atoms with Crippen molar-refractivity contribution >= 4 is 28.8 Å². The van der Waals surface area contributed by atoms with Gasteiger partial charge in [-0.25, -0.2) is 13.9 Å². The molecule has 0 aliphatic rings. The van der Waals surface area contributed by atoms with E-state index in [0.717, 1.165) is 12.1 Å². The van der Waals surface area contributed by atoms with Gasteiger partial charge in [-0.15, -0.1) is 0 Å². The van der Waals surface area contributed by atoms with Crippen LogP contribution in [0.25, 0.3) is 16.8 Å². The number of rotatable bonds is 2. The summed E-state index contributed by atoms with van der Waals surface area (Å²) in [5.74, 6) is -0.317. The second-order valence-electron chi connectivity index (χ2n) is 4.33. The zero-order valence-electron chi connectivity index (χ0n) is 10.6. The monoisotopic (exact) mass is 309 g/mol. The lowest BCUT2D eigenvalue weighted by molar-refractivity contribution is 0.628. The Labute approximate surface area is 125 Å². The van der Waals surface area contributed by atoms with Gasteiger partial charge in [0.25, 0.3) is 0 Å². The normalized spacial score (nSPS) is 11.2. The fourth-order valence-electron chi connectivity index (χ4n) is 2.02. The van der Waals surface area contributed by atoms with Crippen LogP contribution in [0.15, 0.2) is 30.3 Å². The highest BCUT2D eigenvalue weighted by atomic mass is 35.5. The SMILES string of the molecule is CCc1cc2nc(Cl)c(-c3ccc(F)cc3)c(Cl)n2n1. The Morgan fingerprint density at radius 2 is 1.90 bits per heavy atom. The van der Waals surface area contributed by atoms with Crippen LogP contribution in [-0.2, 0) is 6.42 Å². The van der Waals surface area contributed by atoms with E-state index in [1.165, 1.54) is 12.1 Å². The van der Waals surface area contributed by atoms with E-state index in [1.807, 2.05) is 13.0 Å². The third-order valence-corrected chi connectivity index (χ3v) is 3.67. The minimum Gasteiger partial charge on any atom is -0.216 e. The van der Waals surface area contributed by atoms with E-state index in [1.54, 1.807) is 16.6 Å². The van der Waals surface area contributed by atoms with Crippen LogP contribution in [0.2, 0.25) is 10.3 Å². The van der Waals surface area contributed by atoms with Gasteiger partial charge >= 0.3 is 0 Å². The van der Waals surface area contributed by atoms with Crippen molar-refractivity contribution in [3.63, 3.8) is 0 Å². The smallest absolute Gasteiger partial charge is 0.158 e. The molecule has 1 aromatic carbocycles. The number of hydrogen-bond acceptors (Lipinski definition) is 2. The Hall–Kier alpha value is -1.65. The number of aryl methyl sites for hydroxylation is 1. The highest BCUT2D eigenvalue weighted by Gasteiger charge is 2.16. The summed E-state index contributed by atoms with van der Waals surface area (Å²) < 4.78 is 14.6. The third-order valence-electron chi connectivity index (χ3n) is 3.05. The lowest BCUT2D eigenvalue weighted by Gasteiger charge is -2.08. The molecule has 0 unspecified atom stereocenters. The van der Waals surface area contributed by atoms with Crippen LogP contribution in [0.3, 0.4) is 0 Å². The maximum atomic E-state index is 13.0. The summed E-state index contributed by atoms with van der Waals surface area (Å²) in [5, 5.41) is 5.01. The molecule has 0 saturated heterocycles. The molecule has 0 amide bonds. The van der Waals surface area contributed by atoms with Gasteiger partial charge in [-0.3, -0.25) is 0 Å². The Bertz CT molecular complexity index is 781. The Morgan fingerprint density at radius 1 is 1.20 bits per heavy atom. The second kappa shape index (κ2) is 5.04. The summed E-state index contributed by atoms with van der Waals surface area (Å²) in [6.07, 6.45) is 0.781. The van der Waals surface area contributed by atoms with E-state index < -0.39 is 0 Å². The maximum absolute atomic E-state index is 13.0. The number of aromatic nitrogens is 3. The molecule has 3 nitrogen and oxygen atoms in total. The number of nitrogens with zero attached hydrogens (tertiary/aromatic N) is 3. The fraction of sp³-hybridized carbons (Fsp3) is 0.143. The van der Waals surface area contributed by atoms with E-state index in [4.69, 9.17) is 23.2 Å². The summed E-state index contributed by atoms with van der Waals surface area (Å²) in [6, 6.07) is 7.77. The van der Waals surface area contributed by atoms with E-state index in [-0.39, 0.29) is 11.0 Å². The highest BCUT2D eigenvalue weighted by molar-refractivity contribution is 6.38. The molecule has 0 radical (unpaired) electrons. The highest BCUT2D eigenvalue weighted by Crippen LogP contribution is 2.34. The molecular weight excluding hydrogens is 300 g/mol. The Morgan fingerprint density at radius 3 is 2.55 bits per heavy atom. The van der Waals surface area contributed by atoms with Gasteiger partial charge in [0.05, 0.1) is 11.3 Å². The molecule has 6 heteroatoms. The van der Waals surface area contributed by atoms with Gasteiger partial charge in [-0.05, 0) is 24.1 Å². The van der Waals surface area contributed by atoms with Crippen molar-refractivity contribution in [1.29, 1.82) is 0 Å². The van der Waals surface area contributed by atoms with E-state index >= 15 is 0 Å². The molecule has 2 aromatic heterocycles. The minimum absolute atomic E-state index is 0.275. The van der Waals surface area contributed by atoms with Crippen molar-refractivity contribution in [3.05, 3.63) is 52.1 Å². The Balaban J connectivity index is 2.27. The summed E-state index contributed by atoms with van der Waals surface area (Å²) in [7, 11) is 0. The quantitative estimate of drug-likeness (QED) is 0.657. The second-order valence-corrected chi connectivity index (χ2v) is 5.05. The lowest BCUT2D eigenvalue weighted by atomic mass is 10.1. The van der Waals surface area contributed by atoms with Gasteiger partial charge in [-0.1, -0.05) is 42.3 Å². The van der Waals surface area contributed by atoms with Crippen LogP contribution < -0.4 is 0 Å². The zero-order valence-corrected chi connectivity index (χ0v) is 12.1. The van der Waals surface area contributed by atoms with Crippen LogP contribution in [0, 0.1) is 5.82 Å². The summed E-state index contributed by atoms with van der Waals surface area (Å²) >= 11 is 12.6. The lowest BCUT2D eigenvalue weighted by Crippen LogP contribution is -1.97. The van der Waals surface area contributed by atoms with Gasteiger partial charge in [-0.2, -0.15) is 5.10 Å². The molecule has 3 aromatic rings. The minimum atomic E-state index is -0.317. The first-order valence-electron chi connectivity index (χ1n) is 6.09. The number of fused-ring (bicyclic) bond motifs is 1. The third kappa shape index (κ3) is 2.15. The maximum Gasteiger partial charge on any atom is 0.158 e. The summed E-state index contributed by atoms with van der Waals surface area (Å²) in [6.45, 7) is 2.00. The Kier molecular flexibility index (Phi) is 3.36. The number of benzene rings is 1. The molecule has 0 saturated carbocycles. The van der Waals surface area contributed by atoms with Gasteiger partial charge in [0, 0.05) is 6.07 Å². The molecule has 0 N–H and O–H groups in total. The molecule has 102 valence electrons. The van der Waals surface area contributed by atoms with Crippen molar-refractivity contribution in [1.82, 2.24) is 14.6 Å². The number of halogens is 3. The zero-order chi connectivity index (χ0) is 14.3. The molecule has 0 aliphatic carbocycles. The first-order chi connectivity index (χ1) is 9.60. The van der Waals surface area contributed by atoms with Crippen molar-refractivity contribution in [2.24, 2.45) is 0 Å². The van der Waals surface area contributed by atoms with Gasteiger partial charge in [0.2, 0.25) is 0 Å². The van der Waals surface area contributed by atoms with Crippen LogP contribution in [-0.4, -0.2) is 14.6 Å². The molecular formula is C14H10Cl2FN3. The fourth-order valence-corrected chi connectivity index (χ4v) is 2.67. The topological polar surface area (TPSA) is 30.2 Å². The number of hydrogen-bond donors (Lipinski definition) is 0. The predicted octanol–water partition coefficient (Wildman–Crippen LogP) is 4.40. The molecule has 0 fully saturated rings. The van der Waals surface area contributed by atoms with Crippen molar-refractivity contribution in [2.45, 2.75) is 13.3 Å². The van der Waals surface area contributed by atoms with E-state index in [0.29, 0.717) is 21.9 Å². The first kappa shape index (κ1) is 13.3. The molecule has 0 spiro atoms. The largest absolute Gasteiger partial charge is 0.216 e. The molecule has 20 heavy (non-hydrogen) atoms. The first-order valence-corrected chi connectivity index (χ1v) is 6.85.